The van der Waals surface area contributed by atoms with Crippen LogP contribution in [0.3, 0.4) is 0 Å². The number of aromatic amines is 1. The molecule has 1 saturated heterocycles. The van der Waals surface area contributed by atoms with Crippen LogP contribution in [-0.4, -0.2) is 32.5 Å². The summed E-state index contributed by atoms with van der Waals surface area (Å²) in [4.78, 5) is 10.5. The molecule has 0 amide bonds. The summed E-state index contributed by atoms with van der Waals surface area (Å²) in [5.41, 5.74) is 4.55. The summed E-state index contributed by atoms with van der Waals surface area (Å²) in [7, 11) is 0. The fourth-order valence-corrected chi connectivity index (χ4v) is 4.03. The lowest BCUT2D eigenvalue weighted by molar-refractivity contribution is 0.171. The summed E-state index contributed by atoms with van der Waals surface area (Å²) in [6.07, 6.45) is 4.27. The monoisotopic (exact) mass is 338 g/mol. The molecule has 1 fully saturated rings. The summed E-state index contributed by atoms with van der Waals surface area (Å²) >= 11 is 5.59. The van der Waals surface area contributed by atoms with Crippen molar-refractivity contribution in [1.82, 2.24) is 19.4 Å². The molecule has 3 heterocycles. The molecule has 0 bridgehead atoms. The van der Waals surface area contributed by atoms with Crippen molar-refractivity contribution >= 4 is 23.4 Å². The van der Waals surface area contributed by atoms with Crippen LogP contribution in [0, 0.1) is 11.7 Å². The maximum atomic E-state index is 5.59. The summed E-state index contributed by atoms with van der Waals surface area (Å²) in [5, 5.41) is 0. The van der Waals surface area contributed by atoms with Gasteiger partial charge in [-0.15, -0.1) is 0 Å². The number of piperidine rings is 1. The average molecular weight is 338 g/mol. The Kier molecular flexibility index (Phi) is 4.21. The topological polar surface area (TPSA) is 36.9 Å². The molecule has 124 valence electrons. The molecule has 1 aliphatic rings. The molecular formula is C19H22N4S. The molecule has 0 spiro atoms. The van der Waals surface area contributed by atoms with Crippen molar-refractivity contribution in [2.24, 2.45) is 0 Å². The Labute approximate surface area is 147 Å². The van der Waals surface area contributed by atoms with Gasteiger partial charge in [-0.3, -0.25) is 9.47 Å². The minimum atomic E-state index is 0.388. The van der Waals surface area contributed by atoms with Crippen LogP contribution >= 0.6 is 12.2 Å². The van der Waals surface area contributed by atoms with E-state index < -0.39 is 0 Å². The standard InChI is InChI=1S/C19H22N4S/c1-14-10-17-18(20-11-14)23(19(24)21-17)16-8-5-9-22(13-16)12-15-6-3-2-4-7-15/h2-4,6-7,10-11,16H,5,8-9,12-13H2,1H3,(H,21,24). The Morgan fingerprint density at radius 3 is 2.96 bits per heavy atom. The first-order valence-electron chi connectivity index (χ1n) is 8.54. The first kappa shape index (κ1) is 15.5. The molecule has 3 aromatic rings. The first-order chi connectivity index (χ1) is 11.7. The van der Waals surface area contributed by atoms with Crippen LogP contribution in [0.25, 0.3) is 11.2 Å². The zero-order chi connectivity index (χ0) is 16.5. The Morgan fingerprint density at radius 2 is 2.12 bits per heavy atom. The highest BCUT2D eigenvalue weighted by molar-refractivity contribution is 7.71. The molecule has 4 rings (SSSR count). The van der Waals surface area contributed by atoms with Crippen molar-refractivity contribution in [1.29, 1.82) is 0 Å². The Balaban J connectivity index is 1.60. The number of nitrogens with zero attached hydrogens (tertiary/aromatic N) is 3. The highest BCUT2D eigenvalue weighted by Crippen LogP contribution is 2.26. The fourth-order valence-electron chi connectivity index (χ4n) is 3.68. The summed E-state index contributed by atoms with van der Waals surface area (Å²) in [6, 6.07) is 13.2. The number of aryl methyl sites for hydroxylation is 1. The molecule has 0 radical (unpaired) electrons. The number of nitrogens with one attached hydrogen (secondary N) is 1. The average Bonchev–Trinajstić information content (AvgIpc) is 2.91. The molecule has 24 heavy (non-hydrogen) atoms. The third-order valence-corrected chi connectivity index (χ3v) is 5.09. The number of aromatic nitrogens is 3. The SMILES string of the molecule is Cc1cnc2c(c1)[nH]c(=S)n2C1CCCN(Cc2ccccc2)C1. The van der Waals surface area contributed by atoms with Gasteiger partial charge in [0.2, 0.25) is 0 Å². The van der Waals surface area contributed by atoms with Gasteiger partial charge in [-0.1, -0.05) is 30.3 Å². The van der Waals surface area contributed by atoms with E-state index in [0.717, 1.165) is 47.6 Å². The molecular weight excluding hydrogens is 316 g/mol. The van der Waals surface area contributed by atoms with Gasteiger partial charge >= 0.3 is 0 Å². The number of pyridine rings is 1. The van der Waals surface area contributed by atoms with Crippen molar-refractivity contribution in [2.75, 3.05) is 13.1 Å². The van der Waals surface area contributed by atoms with Crippen LogP contribution < -0.4 is 0 Å². The van der Waals surface area contributed by atoms with E-state index in [1.54, 1.807) is 0 Å². The smallest absolute Gasteiger partial charge is 0.179 e. The Morgan fingerprint density at radius 1 is 1.29 bits per heavy atom. The van der Waals surface area contributed by atoms with E-state index in [0.29, 0.717) is 6.04 Å². The number of likely N-dealkylation sites (tertiary alicyclic amines) is 1. The normalized spacial score (nSPS) is 19.0. The van der Waals surface area contributed by atoms with Gasteiger partial charge in [0.1, 0.15) is 0 Å². The molecule has 1 unspecified atom stereocenters. The Hall–Kier alpha value is -1.98. The van der Waals surface area contributed by atoms with Gasteiger partial charge in [0.25, 0.3) is 0 Å². The second-order valence-corrected chi connectivity index (χ2v) is 7.09. The number of fused-ring (bicyclic) bond motifs is 1. The number of imidazole rings is 1. The maximum Gasteiger partial charge on any atom is 0.179 e. The van der Waals surface area contributed by atoms with Gasteiger partial charge in [-0.05, 0) is 55.7 Å². The summed E-state index contributed by atoms with van der Waals surface area (Å²) in [5.74, 6) is 0. The molecule has 0 aliphatic carbocycles. The second kappa shape index (κ2) is 6.49. The van der Waals surface area contributed by atoms with Crippen molar-refractivity contribution in [3.05, 3.63) is 58.5 Å². The predicted molar refractivity (Wildman–Crippen MR) is 99.6 cm³/mol. The lowest BCUT2D eigenvalue weighted by Crippen LogP contribution is -2.36. The lowest BCUT2D eigenvalue weighted by Gasteiger charge is -2.33. The fraction of sp³-hybridized carbons (Fsp3) is 0.368. The van der Waals surface area contributed by atoms with Crippen LogP contribution in [0.1, 0.15) is 30.0 Å². The summed E-state index contributed by atoms with van der Waals surface area (Å²) in [6.45, 7) is 5.22. The first-order valence-corrected chi connectivity index (χ1v) is 8.95. The summed E-state index contributed by atoms with van der Waals surface area (Å²) < 4.78 is 3.01. The van der Waals surface area contributed by atoms with Gasteiger partial charge in [0, 0.05) is 19.3 Å². The van der Waals surface area contributed by atoms with E-state index in [1.807, 2.05) is 6.20 Å². The number of rotatable bonds is 3. The van der Waals surface area contributed by atoms with E-state index in [1.165, 1.54) is 12.0 Å². The van der Waals surface area contributed by atoms with Gasteiger partial charge in [-0.25, -0.2) is 4.98 Å². The highest BCUT2D eigenvalue weighted by atomic mass is 32.1. The number of hydrogen-bond donors (Lipinski definition) is 1. The molecule has 2 aromatic heterocycles. The van der Waals surface area contributed by atoms with E-state index in [2.05, 4.69) is 62.8 Å². The van der Waals surface area contributed by atoms with Crippen molar-refractivity contribution in [3.8, 4) is 0 Å². The van der Waals surface area contributed by atoms with Gasteiger partial charge in [0.05, 0.1) is 11.6 Å². The molecule has 1 aliphatic heterocycles. The largest absolute Gasteiger partial charge is 0.329 e. The third kappa shape index (κ3) is 3.01. The van der Waals surface area contributed by atoms with Crippen LogP contribution in [0.4, 0.5) is 0 Å². The third-order valence-electron chi connectivity index (χ3n) is 4.79. The van der Waals surface area contributed by atoms with Gasteiger partial charge in [0.15, 0.2) is 10.4 Å². The zero-order valence-electron chi connectivity index (χ0n) is 13.9. The molecule has 1 atom stereocenters. The van der Waals surface area contributed by atoms with Crippen LogP contribution in [0.2, 0.25) is 0 Å². The number of benzene rings is 1. The van der Waals surface area contributed by atoms with Crippen molar-refractivity contribution < 1.29 is 0 Å². The number of hydrogen-bond acceptors (Lipinski definition) is 3. The minimum absolute atomic E-state index is 0.388. The van der Waals surface area contributed by atoms with E-state index >= 15 is 0 Å². The van der Waals surface area contributed by atoms with Gasteiger partial charge < -0.3 is 4.98 Å². The minimum Gasteiger partial charge on any atom is -0.329 e. The van der Waals surface area contributed by atoms with E-state index in [9.17, 15) is 0 Å². The zero-order valence-corrected chi connectivity index (χ0v) is 14.7. The van der Waals surface area contributed by atoms with Gasteiger partial charge in [-0.2, -0.15) is 0 Å². The molecule has 5 heteroatoms. The van der Waals surface area contributed by atoms with Crippen LogP contribution in [-0.2, 0) is 6.54 Å². The molecule has 1 N–H and O–H groups in total. The van der Waals surface area contributed by atoms with Crippen molar-refractivity contribution in [2.45, 2.75) is 32.4 Å². The quantitative estimate of drug-likeness (QED) is 0.726. The van der Waals surface area contributed by atoms with Crippen molar-refractivity contribution in [3.63, 3.8) is 0 Å². The molecule has 4 nitrogen and oxygen atoms in total. The molecule has 1 aromatic carbocycles. The predicted octanol–water partition coefficient (Wildman–Crippen LogP) is 4.24. The van der Waals surface area contributed by atoms with Crippen LogP contribution in [0.5, 0.6) is 0 Å². The second-order valence-electron chi connectivity index (χ2n) is 6.70. The van der Waals surface area contributed by atoms with Crippen LogP contribution in [0.15, 0.2) is 42.6 Å². The van der Waals surface area contributed by atoms with E-state index in [-0.39, 0.29) is 0 Å². The lowest BCUT2D eigenvalue weighted by atomic mass is 10.0. The number of H-pyrrole nitrogens is 1. The maximum absolute atomic E-state index is 5.59. The Bertz CT molecular complexity index is 897. The molecule has 0 saturated carbocycles. The highest BCUT2D eigenvalue weighted by Gasteiger charge is 2.23. The van der Waals surface area contributed by atoms with E-state index in [4.69, 9.17) is 12.2 Å².